The van der Waals surface area contributed by atoms with E-state index in [-0.39, 0.29) is 5.91 Å². The number of piperazine rings is 1. The Morgan fingerprint density at radius 3 is 2.31 bits per heavy atom. The van der Waals surface area contributed by atoms with Crippen molar-refractivity contribution in [2.75, 3.05) is 40.4 Å². The molecular formula is C28H29N3O4. The van der Waals surface area contributed by atoms with Crippen molar-refractivity contribution in [1.29, 1.82) is 0 Å². The van der Waals surface area contributed by atoms with Gasteiger partial charge < -0.3 is 24.0 Å². The van der Waals surface area contributed by atoms with Crippen LogP contribution in [0.1, 0.15) is 16.7 Å². The Balaban J connectivity index is 1.35. The van der Waals surface area contributed by atoms with Gasteiger partial charge in [0.2, 0.25) is 5.91 Å². The molecule has 0 spiro atoms. The summed E-state index contributed by atoms with van der Waals surface area (Å²) < 4.78 is 16.9. The first kappa shape index (κ1) is 22.8. The van der Waals surface area contributed by atoms with Gasteiger partial charge in [0.25, 0.3) is 0 Å². The van der Waals surface area contributed by atoms with Gasteiger partial charge in [0.05, 0.1) is 26.2 Å². The lowest BCUT2D eigenvalue weighted by Gasteiger charge is -2.36. The number of carbonyl (C=O) groups is 1. The average Bonchev–Trinajstić information content (AvgIpc) is 3.05. The molecule has 1 amide bonds. The van der Waals surface area contributed by atoms with E-state index in [0.29, 0.717) is 38.3 Å². The van der Waals surface area contributed by atoms with Gasteiger partial charge in [-0.3, -0.25) is 4.79 Å². The zero-order valence-electron chi connectivity index (χ0n) is 20.3. The summed E-state index contributed by atoms with van der Waals surface area (Å²) in [6.07, 6.45) is 0.383. The fourth-order valence-electron chi connectivity index (χ4n) is 4.43. The van der Waals surface area contributed by atoms with Gasteiger partial charge in [0.15, 0.2) is 5.75 Å². The quantitative estimate of drug-likeness (QED) is 0.557. The first-order valence-corrected chi connectivity index (χ1v) is 11.8. The van der Waals surface area contributed by atoms with Crippen LogP contribution in [0.15, 0.2) is 65.7 Å². The average molecular weight is 472 g/mol. The number of fused-ring (bicyclic) bond motifs is 2. The molecule has 3 aromatic carbocycles. The molecule has 2 heterocycles. The fourth-order valence-corrected chi connectivity index (χ4v) is 4.43. The third-order valence-corrected chi connectivity index (χ3v) is 6.44. The largest absolute Gasteiger partial charge is 0.497 e. The Morgan fingerprint density at radius 1 is 0.886 bits per heavy atom. The molecule has 2 aliphatic heterocycles. The van der Waals surface area contributed by atoms with E-state index in [9.17, 15) is 4.79 Å². The van der Waals surface area contributed by atoms with Crippen LogP contribution in [-0.4, -0.2) is 61.9 Å². The molecule has 0 aromatic heterocycles. The van der Waals surface area contributed by atoms with Crippen molar-refractivity contribution < 1.29 is 19.0 Å². The van der Waals surface area contributed by atoms with Crippen LogP contribution in [0.3, 0.4) is 0 Å². The summed E-state index contributed by atoms with van der Waals surface area (Å²) in [7, 11) is 3.28. The summed E-state index contributed by atoms with van der Waals surface area (Å²) in [5, 5.41) is 0. The van der Waals surface area contributed by atoms with E-state index in [1.165, 1.54) is 0 Å². The van der Waals surface area contributed by atoms with Crippen LogP contribution in [0.2, 0.25) is 0 Å². The number of nitrogens with zero attached hydrogens (tertiary/aromatic N) is 3. The van der Waals surface area contributed by atoms with Crippen LogP contribution < -0.4 is 14.2 Å². The SMILES string of the molecule is COc1ccc(CC(=O)N2CCN(C3=Nc4ccc(C)cc4Oc4cc(OC)ccc43)CC2)cc1. The highest BCUT2D eigenvalue weighted by Gasteiger charge is 2.28. The molecule has 7 heteroatoms. The van der Waals surface area contributed by atoms with Gasteiger partial charge in [-0.2, -0.15) is 0 Å². The Labute approximate surface area is 205 Å². The monoisotopic (exact) mass is 471 g/mol. The standard InChI is InChI=1S/C28H29N3O4/c1-19-4-11-24-26(16-19)35-25-18-22(34-3)9-10-23(25)28(29-24)31-14-12-30(13-15-31)27(32)17-20-5-7-21(33-2)8-6-20/h4-11,16,18H,12-15,17H2,1-3H3. The second kappa shape index (κ2) is 9.70. The first-order chi connectivity index (χ1) is 17.0. The Bertz CT molecular complexity index is 1260. The van der Waals surface area contributed by atoms with E-state index in [2.05, 4.69) is 4.90 Å². The lowest BCUT2D eigenvalue weighted by molar-refractivity contribution is -0.131. The zero-order valence-corrected chi connectivity index (χ0v) is 20.3. The lowest BCUT2D eigenvalue weighted by Crippen LogP contribution is -2.51. The van der Waals surface area contributed by atoms with Crippen LogP contribution in [-0.2, 0) is 11.2 Å². The number of rotatable bonds is 4. The smallest absolute Gasteiger partial charge is 0.227 e. The summed E-state index contributed by atoms with van der Waals surface area (Å²) in [6, 6.07) is 19.5. The first-order valence-electron chi connectivity index (χ1n) is 11.8. The van der Waals surface area contributed by atoms with Crippen molar-refractivity contribution in [1.82, 2.24) is 9.80 Å². The van der Waals surface area contributed by atoms with Crippen molar-refractivity contribution in [2.24, 2.45) is 4.99 Å². The van der Waals surface area contributed by atoms with Gasteiger partial charge in [-0.15, -0.1) is 0 Å². The van der Waals surface area contributed by atoms with Crippen molar-refractivity contribution in [2.45, 2.75) is 13.3 Å². The van der Waals surface area contributed by atoms with Gasteiger partial charge in [0.1, 0.15) is 28.8 Å². The number of aryl methyl sites for hydroxylation is 1. The maximum atomic E-state index is 12.9. The summed E-state index contributed by atoms with van der Waals surface area (Å²) in [4.78, 5) is 22.1. The molecule has 0 radical (unpaired) electrons. The number of hydrogen-bond donors (Lipinski definition) is 0. The van der Waals surface area contributed by atoms with E-state index in [1.54, 1.807) is 14.2 Å². The van der Waals surface area contributed by atoms with Gasteiger partial charge in [-0.1, -0.05) is 18.2 Å². The maximum Gasteiger partial charge on any atom is 0.227 e. The molecule has 0 unspecified atom stereocenters. The third kappa shape index (κ3) is 4.80. The van der Waals surface area contributed by atoms with Gasteiger partial charge in [-0.05, 0) is 54.4 Å². The van der Waals surface area contributed by atoms with E-state index in [1.807, 2.05) is 72.5 Å². The number of methoxy groups -OCH3 is 2. The fraction of sp³-hybridized carbons (Fsp3) is 0.286. The second-order valence-electron chi connectivity index (χ2n) is 8.76. The number of amidine groups is 1. The predicted octanol–water partition coefficient (Wildman–Crippen LogP) is 4.58. The molecule has 0 aliphatic carbocycles. The molecule has 1 saturated heterocycles. The summed E-state index contributed by atoms with van der Waals surface area (Å²) in [5.41, 5.74) is 3.80. The topological polar surface area (TPSA) is 63.6 Å². The van der Waals surface area contributed by atoms with Gasteiger partial charge >= 0.3 is 0 Å². The van der Waals surface area contributed by atoms with E-state index in [0.717, 1.165) is 45.5 Å². The summed E-state index contributed by atoms with van der Waals surface area (Å²) in [6.45, 7) is 4.70. The van der Waals surface area contributed by atoms with Crippen LogP contribution in [0, 0.1) is 6.92 Å². The molecule has 0 N–H and O–H groups in total. The minimum Gasteiger partial charge on any atom is -0.497 e. The summed E-state index contributed by atoms with van der Waals surface area (Å²) in [5.74, 6) is 3.94. The Kier molecular flexibility index (Phi) is 6.31. The van der Waals surface area contributed by atoms with Crippen molar-refractivity contribution in [3.8, 4) is 23.0 Å². The highest BCUT2D eigenvalue weighted by Crippen LogP contribution is 2.40. The Hall–Kier alpha value is -4.00. The van der Waals surface area contributed by atoms with Crippen LogP contribution in [0.25, 0.3) is 0 Å². The molecule has 5 rings (SSSR count). The van der Waals surface area contributed by atoms with Crippen LogP contribution in [0.5, 0.6) is 23.0 Å². The highest BCUT2D eigenvalue weighted by atomic mass is 16.5. The van der Waals surface area contributed by atoms with Gasteiger partial charge in [-0.25, -0.2) is 4.99 Å². The third-order valence-electron chi connectivity index (χ3n) is 6.44. The van der Waals surface area contributed by atoms with Crippen molar-refractivity contribution in [3.63, 3.8) is 0 Å². The predicted molar refractivity (Wildman–Crippen MR) is 135 cm³/mol. The maximum absolute atomic E-state index is 12.9. The normalized spacial score (nSPS) is 14.8. The molecule has 3 aromatic rings. The second-order valence-corrected chi connectivity index (χ2v) is 8.76. The minimum atomic E-state index is 0.131. The minimum absolute atomic E-state index is 0.131. The molecule has 2 aliphatic rings. The zero-order chi connectivity index (χ0) is 24.4. The molecular weight excluding hydrogens is 442 g/mol. The van der Waals surface area contributed by atoms with Crippen LogP contribution >= 0.6 is 0 Å². The van der Waals surface area contributed by atoms with Gasteiger partial charge in [0, 0.05) is 32.2 Å². The van der Waals surface area contributed by atoms with E-state index < -0.39 is 0 Å². The van der Waals surface area contributed by atoms with Crippen LogP contribution in [0.4, 0.5) is 5.69 Å². The number of amides is 1. The molecule has 7 nitrogen and oxygen atoms in total. The molecule has 35 heavy (non-hydrogen) atoms. The lowest BCUT2D eigenvalue weighted by atomic mass is 10.1. The van der Waals surface area contributed by atoms with E-state index in [4.69, 9.17) is 19.2 Å². The molecule has 1 fully saturated rings. The number of carbonyl (C=O) groups excluding carboxylic acids is 1. The van der Waals surface area contributed by atoms with Crippen molar-refractivity contribution >= 4 is 17.4 Å². The molecule has 0 atom stereocenters. The molecule has 0 bridgehead atoms. The highest BCUT2D eigenvalue weighted by molar-refractivity contribution is 6.04. The number of ether oxygens (including phenoxy) is 3. The summed E-state index contributed by atoms with van der Waals surface area (Å²) >= 11 is 0. The van der Waals surface area contributed by atoms with Crippen molar-refractivity contribution in [3.05, 3.63) is 77.4 Å². The number of aliphatic imine (C=N–C) groups is 1. The number of benzene rings is 3. The Morgan fingerprint density at radius 2 is 1.60 bits per heavy atom. The number of hydrogen-bond acceptors (Lipinski definition) is 6. The molecule has 0 saturated carbocycles. The molecule has 180 valence electrons. The van der Waals surface area contributed by atoms with E-state index >= 15 is 0 Å².